The summed E-state index contributed by atoms with van der Waals surface area (Å²) >= 11 is 6.17. The van der Waals surface area contributed by atoms with Gasteiger partial charge in [-0.25, -0.2) is 8.42 Å². The van der Waals surface area contributed by atoms with E-state index < -0.39 is 39.9 Å². The average Bonchev–Trinajstić information content (AvgIpc) is 2.82. The highest BCUT2D eigenvalue weighted by Crippen LogP contribution is 2.37. The van der Waals surface area contributed by atoms with Crippen molar-refractivity contribution in [2.24, 2.45) is 0 Å². The van der Waals surface area contributed by atoms with Crippen molar-refractivity contribution in [1.29, 1.82) is 0 Å². The van der Waals surface area contributed by atoms with Crippen LogP contribution in [0.1, 0.15) is 16.7 Å². The van der Waals surface area contributed by atoms with Gasteiger partial charge in [0.1, 0.15) is 6.54 Å². The van der Waals surface area contributed by atoms with E-state index >= 15 is 0 Å². The number of anilines is 1. The molecule has 0 saturated heterocycles. The van der Waals surface area contributed by atoms with E-state index in [0.717, 1.165) is 23.3 Å². The van der Waals surface area contributed by atoms with Gasteiger partial charge in [-0.05, 0) is 53.9 Å². The van der Waals surface area contributed by atoms with Gasteiger partial charge in [-0.15, -0.1) is 0 Å². The third-order valence-corrected chi connectivity index (χ3v) is 7.62. The van der Waals surface area contributed by atoms with E-state index in [1.807, 2.05) is 0 Å². The Hall–Kier alpha value is -3.11. The summed E-state index contributed by atoms with van der Waals surface area (Å²) in [6, 6.07) is 11.3. The van der Waals surface area contributed by atoms with Crippen LogP contribution >= 0.6 is 11.6 Å². The van der Waals surface area contributed by atoms with Crippen LogP contribution in [0.15, 0.2) is 71.9 Å². The standard InChI is InChI=1S/C23H19ClF3N3O3S/c24-20-7-6-18(23(25,26)27)12-21(20)30(34(32,33)19-4-2-1-3-5-19)15-22(31)29-11-9-16-13-28-10-8-17(16)14-29/h1-8,10,12-13H,9,11,14-15H2. The molecule has 0 unspecified atom stereocenters. The number of nitrogens with zero attached hydrogens (tertiary/aromatic N) is 3. The van der Waals surface area contributed by atoms with E-state index in [2.05, 4.69) is 4.98 Å². The van der Waals surface area contributed by atoms with Crippen molar-refractivity contribution in [2.45, 2.75) is 24.0 Å². The number of pyridine rings is 1. The minimum atomic E-state index is -4.73. The molecule has 0 fully saturated rings. The number of carbonyl (C=O) groups excluding carboxylic acids is 1. The molecule has 6 nitrogen and oxygen atoms in total. The molecule has 0 atom stereocenters. The number of alkyl halides is 3. The van der Waals surface area contributed by atoms with Gasteiger partial charge in [0.2, 0.25) is 5.91 Å². The van der Waals surface area contributed by atoms with Gasteiger partial charge < -0.3 is 4.90 Å². The number of sulfonamides is 1. The molecule has 0 saturated carbocycles. The second-order valence-corrected chi connectivity index (χ2v) is 9.97. The Balaban J connectivity index is 1.73. The van der Waals surface area contributed by atoms with Crippen molar-refractivity contribution in [3.05, 3.63) is 88.7 Å². The van der Waals surface area contributed by atoms with Crippen LogP contribution in [0.4, 0.5) is 18.9 Å². The van der Waals surface area contributed by atoms with Gasteiger partial charge >= 0.3 is 6.18 Å². The summed E-state index contributed by atoms with van der Waals surface area (Å²) in [7, 11) is -4.41. The molecule has 2 aromatic carbocycles. The van der Waals surface area contributed by atoms with Crippen molar-refractivity contribution >= 4 is 33.2 Å². The molecule has 0 spiro atoms. The zero-order valence-electron chi connectivity index (χ0n) is 17.7. The molecule has 1 aliphatic heterocycles. The fourth-order valence-corrected chi connectivity index (χ4v) is 5.43. The molecule has 0 bridgehead atoms. The van der Waals surface area contributed by atoms with Crippen LogP contribution in [-0.2, 0) is 34.0 Å². The molecule has 1 aliphatic rings. The van der Waals surface area contributed by atoms with Gasteiger partial charge in [0, 0.05) is 25.5 Å². The van der Waals surface area contributed by atoms with Crippen molar-refractivity contribution in [2.75, 3.05) is 17.4 Å². The lowest BCUT2D eigenvalue weighted by atomic mass is 10.0. The molecular formula is C23H19ClF3N3O3S. The van der Waals surface area contributed by atoms with Gasteiger partial charge in [0.05, 0.1) is 21.2 Å². The molecule has 3 aromatic rings. The Morgan fingerprint density at radius 2 is 1.82 bits per heavy atom. The molecule has 34 heavy (non-hydrogen) atoms. The average molecular weight is 510 g/mol. The Morgan fingerprint density at radius 3 is 2.53 bits per heavy atom. The summed E-state index contributed by atoms with van der Waals surface area (Å²) in [6.07, 6.45) is -0.881. The second kappa shape index (κ2) is 9.27. The van der Waals surface area contributed by atoms with Crippen molar-refractivity contribution in [3.8, 4) is 0 Å². The third kappa shape index (κ3) is 4.88. The number of rotatable bonds is 5. The molecule has 11 heteroatoms. The highest BCUT2D eigenvalue weighted by molar-refractivity contribution is 7.92. The Bertz CT molecular complexity index is 1320. The van der Waals surface area contributed by atoms with Gasteiger partial charge in [0.15, 0.2) is 0 Å². The fraction of sp³-hybridized carbons (Fsp3) is 0.217. The number of carbonyl (C=O) groups is 1. The second-order valence-electron chi connectivity index (χ2n) is 7.70. The molecule has 2 heterocycles. The maximum absolute atomic E-state index is 13.5. The van der Waals surface area contributed by atoms with Crippen molar-refractivity contribution in [3.63, 3.8) is 0 Å². The molecule has 4 rings (SSSR count). The highest BCUT2D eigenvalue weighted by Gasteiger charge is 2.35. The first-order valence-corrected chi connectivity index (χ1v) is 12.0. The summed E-state index contributed by atoms with van der Waals surface area (Å²) in [6.45, 7) is -0.141. The number of fused-ring (bicyclic) bond motifs is 1. The van der Waals surface area contributed by atoms with E-state index in [0.29, 0.717) is 23.3 Å². The lowest BCUT2D eigenvalue weighted by Crippen LogP contribution is -2.45. The highest BCUT2D eigenvalue weighted by atomic mass is 35.5. The predicted molar refractivity (Wildman–Crippen MR) is 121 cm³/mol. The van der Waals surface area contributed by atoms with E-state index in [1.54, 1.807) is 24.5 Å². The first-order valence-electron chi connectivity index (χ1n) is 10.2. The van der Waals surface area contributed by atoms with Crippen LogP contribution in [0.2, 0.25) is 5.02 Å². The molecule has 178 valence electrons. The monoisotopic (exact) mass is 509 g/mol. The molecule has 0 radical (unpaired) electrons. The molecule has 1 aromatic heterocycles. The first-order chi connectivity index (χ1) is 16.1. The van der Waals surface area contributed by atoms with Gasteiger partial charge in [-0.1, -0.05) is 29.8 Å². The van der Waals surface area contributed by atoms with E-state index in [-0.39, 0.29) is 16.5 Å². The number of aromatic nitrogens is 1. The molecular weight excluding hydrogens is 491 g/mol. The summed E-state index contributed by atoms with van der Waals surface area (Å²) in [5, 5.41) is -0.227. The molecule has 0 aliphatic carbocycles. The van der Waals surface area contributed by atoms with Gasteiger partial charge in [-0.2, -0.15) is 13.2 Å². The molecule has 1 amide bonds. The van der Waals surface area contributed by atoms with E-state index in [1.165, 1.54) is 29.2 Å². The third-order valence-electron chi connectivity index (χ3n) is 5.52. The topological polar surface area (TPSA) is 70.6 Å². The number of hydrogen-bond acceptors (Lipinski definition) is 4. The van der Waals surface area contributed by atoms with Crippen LogP contribution in [0, 0.1) is 0 Å². The summed E-state index contributed by atoms with van der Waals surface area (Å²) in [5.41, 5.74) is 0.368. The maximum atomic E-state index is 13.5. The number of hydrogen-bond donors (Lipinski definition) is 0. The number of benzene rings is 2. The minimum absolute atomic E-state index is 0.175. The Kier molecular flexibility index (Phi) is 6.55. The lowest BCUT2D eigenvalue weighted by molar-refractivity contribution is -0.137. The maximum Gasteiger partial charge on any atom is 0.416 e. The minimum Gasteiger partial charge on any atom is -0.336 e. The Labute approximate surface area is 199 Å². The van der Waals surface area contributed by atoms with Crippen molar-refractivity contribution in [1.82, 2.24) is 9.88 Å². The van der Waals surface area contributed by atoms with Crippen LogP contribution in [0.25, 0.3) is 0 Å². The van der Waals surface area contributed by atoms with Crippen LogP contribution < -0.4 is 4.31 Å². The van der Waals surface area contributed by atoms with Gasteiger partial charge in [-0.3, -0.25) is 14.1 Å². The predicted octanol–water partition coefficient (Wildman–Crippen LogP) is 4.53. The first kappa shape index (κ1) is 24.0. The van der Waals surface area contributed by atoms with E-state index in [4.69, 9.17) is 11.6 Å². The Morgan fingerprint density at radius 1 is 1.09 bits per heavy atom. The van der Waals surface area contributed by atoms with E-state index in [9.17, 15) is 26.4 Å². The van der Waals surface area contributed by atoms with Crippen LogP contribution in [0.3, 0.4) is 0 Å². The van der Waals surface area contributed by atoms with Gasteiger partial charge in [0.25, 0.3) is 10.0 Å². The van der Waals surface area contributed by atoms with Crippen LogP contribution in [-0.4, -0.2) is 37.3 Å². The fourth-order valence-electron chi connectivity index (χ4n) is 3.71. The molecule has 0 N–H and O–H groups in total. The number of halogens is 4. The summed E-state index contributed by atoms with van der Waals surface area (Å²) in [4.78, 5) is 18.6. The quantitative estimate of drug-likeness (QED) is 0.506. The normalized spacial score (nSPS) is 13.9. The smallest absolute Gasteiger partial charge is 0.336 e. The zero-order valence-corrected chi connectivity index (χ0v) is 19.2. The van der Waals surface area contributed by atoms with Crippen molar-refractivity contribution < 1.29 is 26.4 Å². The SMILES string of the molecule is O=C(CN(c1cc(C(F)(F)F)ccc1Cl)S(=O)(=O)c1ccccc1)N1CCc2cnccc2C1. The largest absolute Gasteiger partial charge is 0.416 e. The lowest BCUT2D eigenvalue weighted by Gasteiger charge is -2.32. The van der Waals surface area contributed by atoms with Crippen LogP contribution in [0.5, 0.6) is 0 Å². The number of amides is 1. The zero-order chi connectivity index (χ0) is 24.5. The summed E-state index contributed by atoms with van der Waals surface area (Å²) in [5.74, 6) is -0.560. The summed E-state index contributed by atoms with van der Waals surface area (Å²) < 4.78 is 67.7.